The average Bonchev–Trinajstić information content (AvgIpc) is 3.32. The third-order valence-corrected chi connectivity index (χ3v) is 5.12. The molecule has 1 aromatic rings. The Hall–Kier alpha value is -1.85. The number of carbonyl (C=O) groups is 2. The Kier molecular flexibility index (Phi) is 5.21. The van der Waals surface area contributed by atoms with Crippen LogP contribution in [0.2, 0.25) is 0 Å². The van der Waals surface area contributed by atoms with Crippen LogP contribution in [0.15, 0.2) is 12.4 Å². The van der Waals surface area contributed by atoms with Crippen LogP contribution in [0.5, 0.6) is 0 Å². The molecule has 0 radical (unpaired) electrons. The fourth-order valence-electron chi connectivity index (χ4n) is 3.66. The van der Waals surface area contributed by atoms with E-state index in [0.717, 1.165) is 37.9 Å². The molecule has 1 saturated carbocycles. The Labute approximate surface area is 143 Å². The predicted molar refractivity (Wildman–Crippen MR) is 91.1 cm³/mol. The molecule has 6 nitrogen and oxygen atoms in total. The Morgan fingerprint density at radius 3 is 2.75 bits per heavy atom. The molecule has 1 saturated heterocycles. The highest BCUT2D eigenvalue weighted by atomic mass is 16.2. The number of imidazole rings is 1. The Morgan fingerprint density at radius 2 is 2.12 bits per heavy atom. The highest BCUT2D eigenvalue weighted by molar-refractivity contribution is 5.85. The zero-order chi connectivity index (χ0) is 17.1. The van der Waals surface area contributed by atoms with E-state index < -0.39 is 0 Å². The Morgan fingerprint density at radius 1 is 1.33 bits per heavy atom. The summed E-state index contributed by atoms with van der Waals surface area (Å²) in [6.45, 7) is 2.87. The summed E-state index contributed by atoms with van der Waals surface area (Å²) in [4.78, 5) is 31.7. The van der Waals surface area contributed by atoms with Crippen LogP contribution in [0.25, 0.3) is 0 Å². The van der Waals surface area contributed by atoms with E-state index in [-0.39, 0.29) is 29.8 Å². The molecular formula is C18H28N4O2. The van der Waals surface area contributed by atoms with E-state index in [9.17, 15) is 9.59 Å². The molecule has 2 fully saturated rings. The van der Waals surface area contributed by atoms with Crippen molar-refractivity contribution in [1.29, 1.82) is 0 Å². The maximum Gasteiger partial charge on any atom is 0.225 e. The largest absolute Gasteiger partial charge is 0.356 e. The van der Waals surface area contributed by atoms with E-state index in [2.05, 4.69) is 17.2 Å². The maximum absolute atomic E-state index is 12.8. The summed E-state index contributed by atoms with van der Waals surface area (Å²) in [5.74, 6) is 0.854. The van der Waals surface area contributed by atoms with Gasteiger partial charge in [-0.1, -0.05) is 19.8 Å². The van der Waals surface area contributed by atoms with Crippen LogP contribution in [-0.2, 0) is 16.6 Å². The number of carbonyl (C=O) groups excluding carboxylic acids is 2. The van der Waals surface area contributed by atoms with Crippen molar-refractivity contribution in [3.8, 4) is 0 Å². The first-order valence-corrected chi connectivity index (χ1v) is 9.19. The predicted octanol–water partition coefficient (Wildman–Crippen LogP) is 2.17. The highest BCUT2D eigenvalue weighted by Gasteiger charge is 2.47. The van der Waals surface area contributed by atoms with Crippen LogP contribution in [0.1, 0.15) is 63.7 Å². The number of aryl methyl sites for hydroxylation is 1. The molecule has 0 spiro atoms. The Bertz CT molecular complexity index is 594. The summed E-state index contributed by atoms with van der Waals surface area (Å²) < 4.78 is 1.94. The van der Waals surface area contributed by atoms with Crippen molar-refractivity contribution < 1.29 is 9.59 Å². The standard InChI is InChI=1S/C18H28N4O2/c1-3-4-5-10-20-18(24)14-8-9-15(23)22(13-6-7-13)16(14)17-19-11-12-21(17)2/h11-14,16H,3-10H2,1-2H3,(H,20,24)/t14-,16-/m1/s1. The number of piperidine rings is 1. The topological polar surface area (TPSA) is 67.2 Å². The molecule has 0 aromatic carbocycles. The van der Waals surface area contributed by atoms with E-state index in [1.165, 1.54) is 0 Å². The van der Waals surface area contributed by atoms with Gasteiger partial charge >= 0.3 is 0 Å². The fraction of sp³-hybridized carbons (Fsp3) is 0.722. The van der Waals surface area contributed by atoms with Gasteiger partial charge in [-0.15, -0.1) is 0 Å². The first kappa shape index (κ1) is 17.0. The van der Waals surface area contributed by atoms with Crippen LogP contribution in [0, 0.1) is 5.92 Å². The fourth-order valence-corrected chi connectivity index (χ4v) is 3.66. The third kappa shape index (κ3) is 3.47. The third-order valence-electron chi connectivity index (χ3n) is 5.12. The number of nitrogens with zero attached hydrogens (tertiary/aromatic N) is 3. The van der Waals surface area contributed by atoms with Crippen molar-refractivity contribution in [2.45, 2.75) is 64.0 Å². The summed E-state index contributed by atoms with van der Waals surface area (Å²) in [5.41, 5.74) is 0. The van der Waals surface area contributed by atoms with Gasteiger partial charge in [0.15, 0.2) is 0 Å². The second-order valence-corrected chi connectivity index (χ2v) is 7.02. The SMILES string of the molecule is CCCCCNC(=O)[C@@H]1CCC(=O)N(C2CC2)[C@H]1c1nccn1C. The van der Waals surface area contributed by atoms with Crippen molar-refractivity contribution in [1.82, 2.24) is 19.8 Å². The van der Waals surface area contributed by atoms with Crippen LogP contribution >= 0.6 is 0 Å². The molecule has 2 atom stereocenters. The van der Waals surface area contributed by atoms with Crippen LogP contribution in [0.4, 0.5) is 0 Å². The lowest BCUT2D eigenvalue weighted by Gasteiger charge is -2.40. The zero-order valence-corrected chi connectivity index (χ0v) is 14.7. The van der Waals surface area contributed by atoms with Gasteiger partial charge < -0.3 is 14.8 Å². The summed E-state index contributed by atoms with van der Waals surface area (Å²) in [7, 11) is 1.93. The summed E-state index contributed by atoms with van der Waals surface area (Å²) in [6.07, 6.45) is 10.1. The number of aromatic nitrogens is 2. The molecule has 1 N–H and O–H groups in total. The van der Waals surface area contributed by atoms with E-state index in [1.54, 1.807) is 6.20 Å². The molecule has 2 heterocycles. The number of nitrogens with one attached hydrogen (secondary N) is 1. The van der Waals surface area contributed by atoms with Gasteiger partial charge in [0.25, 0.3) is 0 Å². The molecule has 2 amide bonds. The van der Waals surface area contributed by atoms with Gasteiger partial charge in [0, 0.05) is 38.4 Å². The van der Waals surface area contributed by atoms with E-state index in [1.807, 2.05) is 22.7 Å². The van der Waals surface area contributed by atoms with Crippen LogP contribution in [-0.4, -0.2) is 38.9 Å². The Balaban J connectivity index is 1.79. The van der Waals surface area contributed by atoms with Crippen molar-refractivity contribution in [3.05, 3.63) is 18.2 Å². The van der Waals surface area contributed by atoms with Gasteiger partial charge in [0.1, 0.15) is 11.9 Å². The molecule has 6 heteroatoms. The number of hydrogen-bond acceptors (Lipinski definition) is 3. The van der Waals surface area contributed by atoms with Crippen LogP contribution in [0.3, 0.4) is 0 Å². The molecule has 3 rings (SSSR count). The summed E-state index contributed by atoms with van der Waals surface area (Å²) >= 11 is 0. The highest BCUT2D eigenvalue weighted by Crippen LogP contribution is 2.42. The second-order valence-electron chi connectivity index (χ2n) is 7.02. The minimum Gasteiger partial charge on any atom is -0.356 e. The lowest BCUT2D eigenvalue weighted by Crippen LogP contribution is -2.49. The van der Waals surface area contributed by atoms with E-state index >= 15 is 0 Å². The quantitative estimate of drug-likeness (QED) is 0.778. The molecule has 2 aliphatic rings. The number of hydrogen-bond donors (Lipinski definition) is 1. The van der Waals surface area contributed by atoms with E-state index in [0.29, 0.717) is 19.4 Å². The molecule has 1 aromatic heterocycles. The second kappa shape index (κ2) is 7.36. The lowest BCUT2D eigenvalue weighted by atomic mass is 9.86. The first-order chi connectivity index (χ1) is 11.6. The van der Waals surface area contributed by atoms with Gasteiger partial charge in [-0.05, 0) is 25.7 Å². The van der Waals surface area contributed by atoms with Crippen LogP contribution < -0.4 is 5.32 Å². The lowest BCUT2D eigenvalue weighted by molar-refractivity contribution is -0.144. The molecule has 1 aliphatic carbocycles. The minimum absolute atomic E-state index is 0.0669. The van der Waals surface area contributed by atoms with Crippen molar-refractivity contribution in [2.24, 2.45) is 13.0 Å². The van der Waals surface area contributed by atoms with Gasteiger partial charge in [-0.3, -0.25) is 9.59 Å². The summed E-state index contributed by atoms with van der Waals surface area (Å²) in [6, 6.07) is 0.0554. The maximum atomic E-state index is 12.8. The van der Waals surface area contributed by atoms with Gasteiger partial charge in [0.05, 0.1) is 5.92 Å². The molecule has 24 heavy (non-hydrogen) atoms. The normalized spacial score (nSPS) is 24.2. The molecule has 132 valence electrons. The molecule has 1 aliphatic heterocycles. The first-order valence-electron chi connectivity index (χ1n) is 9.19. The van der Waals surface area contributed by atoms with Gasteiger partial charge in [0.2, 0.25) is 11.8 Å². The number of unbranched alkanes of at least 4 members (excludes halogenated alkanes) is 2. The smallest absolute Gasteiger partial charge is 0.225 e. The van der Waals surface area contributed by atoms with Crippen molar-refractivity contribution in [3.63, 3.8) is 0 Å². The number of likely N-dealkylation sites (tertiary alicyclic amines) is 1. The van der Waals surface area contributed by atoms with Gasteiger partial charge in [-0.2, -0.15) is 0 Å². The average molecular weight is 332 g/mol. The van der Waals surface area contributed by atoms with E-state index in [4.69, 9.17) is 0 Å². The number of amides is 2. The molecule has 0 unspecified atom stereocenters. The van der Waals surface area contributed by atoms with Crippen molar-refractivity contribution >= 4 is 11.8 Å². The zero-order valence-electron chi connectivity index (χ0n) is 14.7. The van der Waals surface area contributed by atoms with Crippen molar-refractivity contribution in [2.75, 3.05) is 6.54 Å². The molecular weight excluding hydrogens is 304 g/mol. The van der Waals surface area contributed by atoms with Gasteiger partial charge in [-0.25, -0.2) is 4.98 Å². The molecule has 0 bridgehead atoms. The minimum atomic E-state index is -0.232. The summed E-state index contributed by atoms with van der Waals surface area (Å²) in [5, 5.41) is 3.08. The number of rotatable bonds is 7. The monoisotopic (exact) mass is 332 g/mol.